The van der Waals surface area contributed by atoms with Crippen LogP contribution in [0.4, 0.5) is 15.9 Å². The predicted octanol–water partition coefficient (Wildman–Crippen LogP) is 1.43. The summed E-state index contributed by atoms with van der Waals surface area (Å²) in [6.45, 7) is 5.34. The second-order valence-corrected chi connectivity index (χ2v) is 7.10. The second kappa shape index (κ2) is 10.1. The predicted molar refractivity (Wildman–Crippen MR) is 111 cm³/mol. The zero-order valence-electron chi connectivity index (χ0n) is 17.2. The number of hydrogen-bond donors (Lipinski definition) is 2. The van der Waals surface area contributed by atoms with Gasteiger partial charge in [-0.3, -0.25) is 14.5 Å². The van der Waals surface area contributed by atoms with Gasteiger partial charge in [0.25, 0.3) is 5.91 Å². The smallest absolute Gasteiger partial charge is 0.269 e. The fourth-order valence-corrected chi connectivity index (χ4v) is 3.31. The van der Waals surface area contributed by atoms with Gasteiger partial charge in [-0.05, 0) is 30.2 Å². The molecule has 30 heavy (non-hydrogen) atoms. The van der Waals surface area contributed by atoms with Gasteiger partial charge in [0.1, 0.15) is 5.69 Å². The minimum absolute atomic E-state index is 0.0596. The first-order chi connectivity index (χ1) is 14.5. The third-order valence-electron chi connectivity index (χ3n) is 4.86. The van der Waals surface area contributed by atoms with Gasteiger partial charge in [-0.25, -0.2) is 4.98 Å². The highest BCUT2D eigenvalue weighted by molar-refractivity contribution is 5.92. The number of rotatable bonds is 7. The van der Waals surface area contributed by atoms with Gasteiger partial charge in [-0.15, -0.1) is 5.10 Å². The molecule has 3 rings (SSSR count). The highest BCUT2D eigenvalue weighted by atomic mass is 19.1. The van der Waals surface area contributed by atoms with E-state index < -0.39 is 11.9 Å². The third kappa shape index (κ3) is 5.47. The standard InChI is InChI=1S/C20H26FN7O2/c1-3-4-18(29)25-17-11-14(12-23-26-17)13-27-7-9-28(10-8-27)16-6-5-15(20(30)22-2)24-19(16)21/h5-6,11-12H,3-4,7-10,13H2,1-2H3,(H,22,30)(H,25,26,29). The number of carbonyl (C=O) groups is 2. The number of nitrogens with one attached hydrogen (secondary N) is 2. The first kappa shape index (κ1) is 21.6. The summed E-state index contributed by atoms with van der Waals surface area (Å²) in [4.78, 5) is 31.3. The number of halogens is 1. The number of anilines is 2. The Kier molecular flexibility index (Phi) is 7.23. The summed E-state index contributed by atoms with van der Waals surface area (Å²) in [5.41, 5.74) is 1.41. The summed E-state index contributed by atoms with van der Waals surface area (Å²) in [6, 6.07) is 4.95. The van der Waals surface area contributed by atoms with E-state index in [2.05, 4.69) is 30.7 Å². The van der Waals surface area contributed by atoms with Gasteiger partial charge in [0.2, 0.25) is 11.9 Å². The molecule has 10 heteroatoms. The summed E-state index contributed by atoms with van der Waals surface area (Å²) in [6.07, 6.45) is 2.90. The Hall–Kier alpha value is -3.14. The number of hydrogen-bond acceptors (Lipinski definition) is 7. The lowest BCUT2D eigenvalue weighted by atomic mass is 10.2. The molecule has 0 radical (unpaired) electrons. The SMILES string of the molecule is CCCC(=O)Nc1cc(CN2CCN(c3ccc(C(=O)NC)nc3F)CC2)cnn1. The molecule has 0 bridgehead atoms. The van der Waals surface area contributed by atoms with E-state index in [1.807, 2.05) is 17.9 Å². The van der Waals surface area contributed by atoms with Crippen LogP contribution in [0.3, 0.4) is 0 Å². The highest BCUT2D eigenvalue weighted by Gasteiger charge is 2.21. The fraction of sp³-hybridized carbons (Fsp3) is 0.450. The number of carbonyl (C=O) groups excluding carboxylic acids is 2. The van der Waals surface area contributed by atoms with Gasteiger partial charge in [-0.2, -0.15) is 9.49 Å². The number of aromatic nitrogens is 3. The molecule has 1 fully saturated rings. The van der Waals surface area contributed by atoms with Crippen molar-refractivity contribution < 1.29 is 14.0 Å². The van der Waals surface area contributed by atoms with Crippen LogP contribution in [0.15, 0.2) is 24.4 Å². The maximum absolute atomic E-state index is 14.4. The fourth-order valence-electron chi connectivity index (χ4n) is 3.31. The largest absolute Gasteiger partial charge is 0.365 e. The molecule has 0 aromatic carbocycles. The van der Waals surface area contributed by atoms with E-state index in [0.29, 0.717) is 37.6 Å². The van der Waals surface area contributed by atoms with Crippen LogP contribution in [0, 0.1) is 5.95 Å². The molecule has 0 spiro atoms. The van der Waals surface area contributed by atoms with E-state index in [1.54, 1.807) is 12.3 Å². The van der Waals surface area contributed by atoms with Crippen molar-refractivity contribution in [2.75, 3.05) is 43.4 Å². The Labute approximate surface area is 174 Å². The first-order valence-electron chi connectivity index (χ1n) is 9.97. The van der Waals surface area contributed by atoms with Crippen molar-refractivity contribution in [3.63, 3.8) is 0 Å². The molecule has 1 saturated heterocycles. The van der Waals surface area contributed by atoms with Crippen molar-refractivity contribution in [3.8, 4) is 0 Å². The number of amides is 2. The molecule has 9 nitrogen and oxygen atoms in total. The Balaban J connectivity index is 1.56. The lowest BCUT2D eigenvalue weighted by Crippen LogP contribution is -2.46. The van der Waals surface area contributed by atoms with E-state index in [1.165, 1.54) is 13.1 Å². The molecule has 2 N–H and O–H groups in total. The molecule has 1 aliphatic rings. The van der Waals surface area contributed by atoms with Gasteiger partial charge in [0.15, 0.2) is 5.82 Å². The van der Waals surface area contributed by atoms with E-state index in [-0.39, 0.29) is 11.6 Å². The Bertz CT molecular complexity index is 900. The minimum atomic E-state index is -0.643. The van der Waals surface area contributed by atoms with Gasteiger partial charge in [0.05, 0.1) is 11.9 Å². The highest BCUT2D eigenvalue weighted by Crippen LogP contribution is 2.20. The Morgan fingerprint density at radius 2 is 1.97 bits per heavy atom. The van der Waals surface area contributed by atoms with Gasteiger partial charge in [-0.1, -0.05) is 6.92 Å². The van der Waals surface area contributed by atoms with Crippen molar-refractivity contribution in [1.82, 2.24) is 25.4 Å². The Morgan fingerprint density at radius 1 is 1.20 bits per heavy atom. The van der Waals surface area contributed by atoms with Crippen molar-refractivity contribution in [1.29, 1.82) is 0 Å². The van der Waals surface area contributed by atoms with Crippen LogP contribution in [0.25, 0.3) is 0 Å². The number of piperazine rings is 1. The maximum Gasteiger partial charge on any atom is 0.269 e. The van der Waals surface area contributed by atoms with Crippen LogP contribution < -0.4 is 15.5 Å². The molecule has 0 aliphatic carbocycles. The number of nitrogens with zero attached hydrogens (tertiary/aromatic N) is 5. The van der Waals surface area contributed by atoms with Crippen molar-refractivity contribution >= 4 is 23.3 Å². The van der Waals surface area contributed by atoms with Crippen LogP contribution in [0.1, 0.15) is 35.8 Å². The first-order valence-corrected chi connectivity index (χ1v) is 9.97. The van der Waals surface area contributed by atoms with Crippen molar-refractivity contribution in [3.05, 3.63) is 41.6 Å². The molecule has 0 saturated carbocycles. The quantitative estimate of drug-likeness (QED) is 0.660. The van der Waals surface area contributed by atoms with Crippen LogP contribution in [0.5, 0.6) is 0 Å². The van der Waals surface area contributed by atoms with Crippen LogP contribution in [-0.4, -0.2) is 65.1 Å². The molecule has 2 aromatic rings. The Morgan fingerprint density at radius 3 is 2.63 bits per heavy atom. The normalized spacial score (nSPS) is 14.4. The van der Waals surface area contributed by atoms with Gasteiger partial charge < -0.3 is 15.5 Å². The summed E-state index contributed by atoms with van der Waals surface area (Å²) in [5, 5.41) is 13.1. The minimum Gasteiger partial charge on any atom is -0.365 e. The third-order valence-corrected chi connectivity index (χ3v) is 4.86. The summed E-state index contributed by atoms with van der Waals surface area (Å²) in [7, 11) is 1.48. The van der Waals surface area contributed by atoms with Crippen LogP contribution in [-0.2, 0) is 11.3 Å². The molecule has 1 aliphatic heterocycles. The molecule has 2 aromatic heterocycles. The van der Waals surface area contributed by atoms with Crippen LogP contribution >= 0.6 is 0 Å². The van der Waals surface area contributed by atoms with E-state index in [0.717, 1.165) is 25.1 Å². The van der Waals surface area contributed by atoms with E-state index in [9.17, 15) is 14.0 Å². The molecular formula is C20H26FN7O2. The second-order valence-electron chi connectivity index (χ2n) is 7.10. The molecular weight excluding hydrogens is 389 g/mol. The lowest BCUT2D eigenvalue weighted by Gasteiger charge is -2.36. The van der Waals surface area contributed by atoms with Crippen LogP contribution in [0.2, 0.25) is 0 Å². The van der Waals surface area contributed by atoms with Crippen molar-refractivity contribution in [2.24, 2.45) is 0 Å². The van der Waals surface area contributed by atoms with E-state index in [4.69, 9.17) is 0 Å². The summed E-state index contributed by atoms with van der Waals surface area (Å²) < 4.78 is 14.4. The maximum atomic E-state index is 14.4. The van der Waals surface area contributed by atoms with Gasteiger partial charge in [0, 0.05) is 46.2 Å². The molecule has 3 heterocycles. The summed E-state index contributed by atoms with van der Waals surface area (Å²) >= 11 is 0. The molecule has 2 amide bonds. The molecule has 0 atom stereocenters. The topological polar surface area (TPSA) is 103 Å². The van der Waals surface area contributed by atoms with Crippen molar-refractivity contribution in [2.45, 2.75) is 26.3 Å². The molecule has 160 valence electrons. The molecule has 0 unspecified atom stereocenters. The number of pyridine rings is 1. The van der Waals surface area contributed by atoms with Gasteiger partial charge >= 0.3 is 0 Å². The monoisotopic (exact) mass is 415 g/mol. The average molecular weight is 415 g/mol. The average Bonchev–Trinajstić information content (AvgIpc) is 2.74. The zero-order valence-corrected chi connectivity index (χ0v) is 17.2. The lowest BCUT2D eigenvalue weighted by molar-refractivity contribution is -0.116. The summed E-state index contributed by atoms with van der Waals surface area (Å²) in [5.74, 6) is -0.679. The van der Waals surface area contributed by atoms with E-state index >= 15 is 0 Å². The zero-order chi connectivity index (χ0) is 21.5.